The Labute approximate surface area is 137 Å². The zero-order valence-corrected chi connectivity index (χ0v) is 12.7. The summed E-state index contributed by atoms with van der Waals surface area (Å²) in [5.74, 6) is -2.55. The molecular formula is C18H16F2N2O2. The molecular weight excluding hydrogens is 314 g/mol. The minimum atomic E-state index is -1.37. The summed E-state index contributed by atoms with van der Waals surface area (Å²) in [7, 11) is 0. The first kappa shape index (κ1) is 16.2. The van der Waals surface area contributed by atoms with Gasteiger partial charge in [0.1, 0.15) is 17.4 Å². The van der Waals surface area contributed by atoms with Gasteiger partial charge in [-0.25, -0.2) is 8.78 Å². The molecule has 2 aromatic carbocycles. The molecule has 0 aromatic heterocycles. The minimum absolute atomic E-state index is 0.175. The van der Waals surface area contributed by atoms with E-state index in [-0.39, 0.29) is 17.9 Å². The molecule has 1 aliphatic heterocycles. The Balaban J connectivity index is 1.68. The summed E-state index contributed by atoms with van der Waals surface area (Å²) in [6.07, 6.45) is 4.94. The molecule has 6 heteroatoms. The van der Waals surface area contributed by atoms with Gasteiger partial charge in [-0.05, 0) is 41.5 Å². The highest BCUT2D eigenvalue weighted by molar-refractivity contribution is 5.75. The first-order valence-corrected chi connectivity index (χ1v) is 7.29. The molecule has 0 amide bonds. The number of benzene rings is 2. The molecule has 0 bridgehead atoms. The van der Waals surface area contributed by atoms with Crippen molar-refractivity contribution in [1.29, 1.82) is 0 Å². The Morgan fingerprint density at radius 1 is 1.08 bits per heavy atom. The zero-order chi connectivity index (χ0) is 17.2. The van der Waals surface area contributed by atoms with E-state index in [0.29, 0.717) is 0 Å². The lowest BCUT2D eigenvalue weighted by molar-refractivity contribution is -0.0339. The Morgan fingerprint density at radius 2 is 1.75 bits per heavy atom. The van der Waals surface area contributed by atoms with Gasteiger partial charge in [0.05, 0.1) is 6.61 Å². The molecule has 0 radical (unpaired) electrons. The Bertz CT molecular complexity index is 783. The molecule has 2 aromatic rings. The van der Waals surface area contributed by atoms with Crippen LogP contribution < -0.4 is 11.1 Å². The van der Waals surface area contributed by atoms with E-state index in [1.807, 2.05) is 0 Å². The number of aromatic hydroxyl groups is 1. The molecule has 1 atom stereocenters. The van der Waals surface area contributed by atoms with Crippen molar-refractivity contribution in [2.45, 2.75) is 12.5 Å². The SMILES string of the molecule is NC1(OCc2c(F)cccc2F)C=CC(c2ccc(O)cc2)=CN1. The van der Waals surface area contributed by atoms with Crippen molar-refractivity contribution >= 4 is 5.57 Å². The van der Waals surface area contributed by atoms with Gasteiger partial charge in [0, 0.05) is 11.8 Å². The van der Waals surface area contributed by atoms with Crippen LogP contribution in [-0.2, 0) is 11.3 Å². The van der Waals surface area contributed by atoms with Crippen LogP contribution in [0, 0.1) is 11.6 Å². The monoisotopic (exact) mass is 330 g/mol. The predicted octanol–water partition coefficient (Wildman–Crippen LogP) is 3.00. The number of nitrogens with two attached hydrogens (primary N) is 1. The van der Waals surface area contributed by atoms with Crippen molar-refractivity contribution in [3.8, 4) is 5.75 Å². The number of phenolic OH excluding ortho intramolecular Hbond substituents is 1. The molecule has 1 aliphatic rings. The minimum Gasteiger partial charge on any atom is -0.508 e. The van der Waals surface area contributed by atoms with Crippen molar-refractivity contribution in [1.82, 2.24) is 5.32 Å². The third-order valence-electron chi connectivity index (χ3n) is 3.68. The van der Waals surface area contributed by atoms with Crippen molar-refractivity contribution < 1.29 is 18.6 Å². The van der Waals surface area contributed by atoms with Crippen LogP contribution >= 0.6 is 0 Å². The zero-order valence-electron chi connectivity index (χ0n) is 12.7. The average molecular weight is 330 g/mol. The van der Waals surface area contributed by atoms with Crippen LogP contribution in [-0.4, -0.2) is 11.0 Å². The summed E-state index contributed by atoms with van der Waals surface area (Å²) >= 11 is 0. The van der Waals surface area contributed by atoms with Gasteiger partial charge in [0.15, 0.2) is 0 Å². The fourth-order valence-electron chi connectivity index (χ4n) is 2.29. The number of nitrogens with one attached hydrogen (secondary N) is 1. The molecule has 0 spiro atoms. The molecule has 0 saturated carbocycles. The standard InChI is InChI=1S/C18H16F2N2O2/c19-16-2-1-3-17(20)15(16)11-24-18(21)9-8-13(10-22-18)12-4-6-14(23)7-5-12/h1-10,22-23H,11,21H2. The molecule has 3 rings (SSSR count). The van der Waals surface area contributed by atoms with Crippen molar-refractivity contribution in [2.24, 2.45) is 5.73 Å². The number of dihydropyridines is 1. The second kappa shape index (κ2) is 6.43. The fourth-order valence-corrected chi connectivity index (χ4v) is 2.29. The third-order valence-corrected chi connectivity index (χ3v) is 3.68. The second-order valence-corrected chi connectivity index (χ2v) is 5.41. The number of halogens is 2. The maximum Gasteiger partial charge on any atom is 0.213 e. The highest BCUT2D eigenvalue weighted by Crippen LogP contribution is 2.23. The maximum atomic E-state index is 13.6. The molecule has 4 nitrogen and oxygen atoms in total. The average Bonchev–Trinajstić information content (AvgIpc) is 2.56. The first-order valence-electron chi connectivity index (χ1n) is 7.29. The quantitative estimate of drug-likeness (QED) is 0.754. The number of rotatable bonds is 4. The van der Waals surface area contributed by atoms with Crippen molar-refractivity contribution in [3.05, 3.63) is 83.6 Å². The van der Waals surface area contributed by atoms with Gasteiger partial charge in [0.25, 0.3) is 0 Å². The largest absolute Gasteiger partial charge is 0.508 e. The summed E-state index contributed by atoms with van der Waals surface area (Å²) in [5, 5.41) is 12.2. The van der Waals surface area contributed by atoms with Crippen LogP contribution in [0.5, 0.6) is 5.75 Å². The molecule has 1 unspecified atom stereocenters. The maximum absolute atomic E-state index is 13.6. The number of hydrogen-bond acceptors (Lipinski definition) is 4. The van der Waals surface area contributed by atoms with E-state index in [0.717, 1.165) is 23.3 Å². The van der Waals surface area contributed by atoms with Gasteiger partial charge in [-0.2, -0.15) is 0 Å². The van der Waals surface area contributed by atoms with Crippen molar-refractivity contribution in [3.63, 3.8) is 0 Å². The molecule has 1 heterocycles. The lowest BCUT2D eigenvalue weighted by Crippen LogP contribution is -2.52. The molecule has 0 saturated heterocycles. The fraction of sp³-hybridized carbons (Fsp3) is 0.111. The second-order valence-electron chi connectivity index (χ2n) is 5.41. The van der Waals surface area contributed by atoms with Gasteiger partial charge in [0.2, 0.25) is 5.85 Å². The van der Waals surface area contributed by atoms with Crippen LogP contribution in [0.3, 0.4) is 0 Å². The van der Waals surface area contributed by atoms with Crippen molar-refractivity contribution in [2.75, 3.05) is 0 Å². The highest BCUT2D eigenvalue weighted by Gasteiger charge is 2.25. The lowest BCUT2D eigenvalue weighted by Gasteiger charge is -2.30. The van der Waals surface area contributed by atoms with E-state index in [9.17, 15) is 13.9 Å². The van der Waals surface area contributed by atoms with E-state index < -0.39 is 17.5 Å². The third kappa shape index (κ3) is 3.45. The highest BCUT2D eigenvalue weighted by atomic mass is 19.1. The van der Waals surface area contributed by atoms with E-state index in [2.05, 4.69) is 5.32 Å². The summed E-state index contributed by atoms with van der Waals surface area (Å²) < 4.78 is 32.7. The van der Waals surface area contributed by atoms with Gasteiger partial charge in [-0.3, -0.25) is 5.73 Å². The van der Waals surface area contributed by atoms with Gasteiger partial charge in [-0.1, -0.05) is 24.3 Å². The van der Waals surface area contributed by atoms with Crippen LogP contribution in [0.15, 0.2) is 60.8 Å². The molecule has 0 aliphatic carbocycles. The number of allylic oxidation sites excluding steroid dienone is 2. The smallest absolute Gasteiger partial charge is 0.213 e. The van der Waals surface area contributed by atoms with E-state index in [4.69, 9.17) is 10.5 Å². The summed E-state index contributed by atoms with van der Waals surface area (Å²) in [6.45, 7) is -0.311. The van der Waals surface area contributed by atoms with Gasteiger partial charge in [-0.15, -0.1) is 0 Å². The molecule has 124 valence electrons. The van der Waals surface area contributed by atoms with Crippen LogP contribution in [0.25, 0.3) is 5.57 Å². The van der Waals surface area contributed by atoms with Crippen LogP contribution in [0.1, 0.15) is 11.1 Å². The molecule has 4 N–H and O–H groups in total. The van der Waals surface area contributed by atoms with E-state index >= 15 is 0 Å². The number of phenols is 1. The Hall–Kier alpha value is -2.70. The van der Waals surface area contributed by atoms with Crippen LogP contribution in [0.2, 0.25) is 0 Å². The topological polar surface area (TPSA) is 67.5 Å². The summed E-state index contributed by atoms with van der Waals surface area (Å²) in [5.41, 5.74) is 7.55. The lowest BCUT2D eigenvalue weighted by atomic mass is 10.0. The van der Waals surface area contributed by atoms with Gasteiger partial charge < -0.3 is 15.2 Å². The molecule has 24 heavy (non-hydrogen) atoms. The Morgan fingerprint density at radius 3 is 2.33 bits per heavy atom. The first-order chi connectivity index (χ1) is 11.5. The normalized spacial score (nSPS) is 19.7. The van der Waals surface area contributed by atoms with E-state index in [1.165, 1.54) is 6.07 Å². The summed E-state index contributed by atoms with van der Waals surface area (Å²) in [4.78, 5) is 0. The van der Waals surface area contributed by atoms with E-state index in [1.54, 1.807) is 42.6 Å². The molecule has 0 fully saturated rings. The van der Waals surface area contributed by atoms with Crippen LogP contribution in [0.4, 0.5) is 8.78 Å². The number of ether oxygens (including phenoxy) is 1. The van der Waals surface area contributed by atoms with Gasteiger partial charge >= 0.3 is 0 Å². The number of hydrogen-bond donors (Lipinski definition) is 3. The Kier molecular flexibility index (Phi) is 4.33. The predicted molar refractivity (Wildman–Crippen MR) is 86.4 cm³/mol. The summed E-state index contributed by atoms with van der Waals surface area (Å²) in [6, 6.07) is 10.3.